The molecule has 0 unspecified atom stereocenters. The van der Waals surface area contributed by atoms with E-state index in [0.717, 1.165) is 24.7 Å². The van der Waals surface area contributed by atoms with Crippen LogP contribution in [0.1, 0.15) is 24.4 Å². The van der Waals surface area contributed by atoms with Gasteiger partial charge < -0.3 is 9.64 Å². The Bertz CT molecular complexity index is 527. The Balaban J connectivity index is 1.86. The largest absolute Gasteiger partial charge is 0.497 e. The summed E-state index contributed by atoms with van der Waals surface area (Å²) in [5.41, 5.74) is 1.30. The summed E-state index contributed by atoms with van der Waals surface area (Å²) in [6, 6.07) is 10.5. The molecule has 0 bridgehead atoms. The molecule has 1 saturated heterocycles. The van der Waals surface area contributed by atoms with Crippen LogP contribution in [0.3, 0.4) is 0 Å². The van der Waals surface area contributed by atoms with Gasteiger partial charge in [-0.2, -0.15) is 0 Å². The lowest BCUT2D eigenvalue weighted by molar-refractivity contribution is 0.414. The second kappa shape index (κ2) is 5.26. The molecule has 19 heavy (non-hydrogen) atoms. The van der Waals surface area contributed by atoms with Crippen molar-refractivity contribution >= 4 is 5.95 Å². The van der Waals surface area contributed by atoms with Crippen molar-refractivity contribution in [2.45, 2.75) is 18.9 Å². The van der Waals surface area contributed by atoms with Crippen LogP contribution in [-0.2, 0) is 0 Å². The van der Waals surface area contributed by atoms with Crippen molar-refractivity contribution in [1.29, 1.82) is 0 Å². The van der Waals surface area contributed by atoms with Gasteiger partial charge in [-0.1, -0.05) is 12.1 Å². The normalized spacial score (nSPS) is 18.6. The highest BCUT2D eigenvalue weighted by molar-refractivity contribution is 5.39. The van der Waals surface area contributed by atoms with Crippen molar-refractivity contribution in [3.63, 3.8) is 0 Å². The molecule has 1 atom stereocenters. The van der Waals surface area contributed by atoms with Gasteiger partial charge in [-0.15, -0.1) is 0 Å². The minimum atomic E-state index is 0.369. The number of aromatic nitrogens is 2. The highest BCUT2D eigenvalue weighted by Crippen LogP contribution is 2.34. The summed E-state index contributed by atoms with van der Waals surface area (Å²) in [6.07, 6.45) is 5.91. The first-order valence-corrected chi connectivity index (χ1v) is 6.56. The predicted molar refractivity (Wildman–Crippen MR) is 74.3 cm³/mol. The molecule has 1 fully saturated rings. The van der Waals surface area contributed by atoms with E-state index in [4.69, 9.17) is 4.74 Å². The zero-order valence-electron chi connectivity index (χ0n) is 11.0. The van der Waals surface area contributed by atoms with Crippen LogP contribution in [0.4, 0.5) is 5.95 Å². The number of ether oxygens (including phenoxy) is 1. The van der Waals surface area contributed by atoms with Crippen LogP contribution in [0, 0.1) is 0 Å². The van der Waals surface area contributed by atoms with Crippen LogP contribution in [0.2, 0.25) is 0 Å². The van der Waals surface area contributed by atoms with Crippen molar-refractivity contribution in [1.82, 2.24) is 9.97 Å². The molecule has 1 aromatic carbocycles. The van der Waals surface area contributed by atoms with Crippen LogP contribution >= 0.6 is 0 Å². The highest BCUT2D eigenvalue weighted by Gasteiger charge is 2.27. The summed E-state index contributed by atoms with van der Waals surface area (Å²) in [5, 5.41) is 0. The lowest BCUT2D eigenvalue weighted by Crippen LogP contribution is -2.24. The molecule has 3 rings (SSSR count). The third kappa shape index (κ3) is 2.38. The van der Waals surface area contributed by atoms with E-state index in [2.05, 4.69) is 27.0 Å². The maximum atomic E-state index is 5.21. The van der Waals surface area contributed by atoms with E-state index in [1.54, 1.807) is 19.5 Å². The summed E-state index contributed by atoms with van der Waals surface area (Å²) in [7, 11) is 1.69. The third-order valence-electron chi connectivity index (χ3n) is 3.56. The summed E-state index contributed by atoms with van der Waals surface area (Å²) in [5.74, 6) is 1.71. The number of methoxy groups -OCH3 is 1. The summed E-state index contributed by atoms with van der Waals surface area (Å²) >= 11 is 0. The molecule has 0 amide bonds. The van der Waals surface area contributed by atoms with E-state index in [9.17, 15) is 0 Å². The van der Waals surface area contributed by atoms with E-state index in [0.29, 0.717) is 6.04 Å². The second-order valence-electron chi connectivity index (χ2n) is 4.67. The first-order chi connectivity index (χ1) is 9.38. The Morgan fingerprint density at radius 2 is 1.89 bits per heavy atom. The summed E-state index contributed by atoms with van der Waals surface area (Å²) < 4.78 is 5.21. The minimum absolute atomic E-state index is 0.369. The molecular formula is C15H17N3O. The van der Waals surface area contributed by atoms with E-state index in [-0.39, 0.29) is 0 Å². The van der Waals surface area contributed by atoms with Crippen molar-refractivity contribution in [3.05, 3.63) is 48.3 Å². The van der Waals surface area contributed by atoms with Crippen LogP contribution < -0.4 is 9.64 Å². The molecule has 0 aliphatic carbocycles. The summed E-state index contributed by atoms with van der Waals surface area (Å²) in [4.78, 5) is 11.0. The first kappa shape index (κ1) is 12.0. The Morgan fingerprint density at radius 3 is 2.58 bits per heavy atom. The fraction of sp³-hybridized carbons (Fsp3) is 0.333. The average molecular weight is 255 g/mol. The van der Waals surface area contributed by atoms with Crippen LogP contribution in [0.15, 0.2) is 42.7 Å². The molecule has 0 radical (unpaired) electrons. The van der Waals surface area contributed by atoms with E-state index >= 15 is 0 Å². The van der Waals surface area contributed by atoms with Gasteiger partial charge in [0.1, 0.15) is 5.75 Å². The molecule has 1 aliphatic rings. The van der Waals surface area contributed by atoms with Gasteiger partial charge in [0.05, 0.1) is 13.2 Å². The smallest absolute Gasteiger partial charge is 0.225 e. The van der Waals surface area contributed by atoms with Gasteiger partial charge in [0.15, 0.2) is 0 Å². The fourth-order valence-corrected chi connectivity index (χ4v) is 2.62. The van der Waals surface area contributed by atoms with Crippen molar-refractivity contribution in [2.75, 3.05) is 18.6 Å². The van der Waals surface area contributed by atoms with Gasteiger partial charge in [-0.05, 0) is 36.6 Å². The van der Waals surface area contributed by atoms with Crippen LogP contribution in [0.25, 0.3) is 0 Å². The Kier molecular flexibility index (Phi) is 3.31. The molecule has 1 aliphatic heterocycles. The van der Waals surface area contributed by atoms with Gasteiger partial charge in [-0.25, -0.2) is 9.97 Å². The van der Waals surface area contributed by atoms with E-state index in [1.807, 2.05) is 18.2 Å². The van der Waals surface area contributed by atoms with E-state index in [1.165, 1.54) is 12.0 Å². The Hall–Kier alpha value is -2.10. The molecule has 4 nitrogen and oxygen atoms in total. The molecule has 0 saturated carbocycles. The monoisotopic (exact) mass is 255 g/mol. The van der Waals surface area contributed by atoms with E-state index < -0.39 is 0 Å². The number of anilines is 1. The third-order valence-corrected chi connectivity index (χ3v) is 3.56. The molecule has 4 heteroatoms. The Morgan fingerprint density at radius 1 is 1.16 bits per heavy atom. The van der Waals surface area contributed by atoms with Gasteiger partial charge in [0.2, 0.25) is 5.95 Å². The van der Waals surface area contributed by atoms with Gasteiger partial charge >= 0.3 is 0 Å². The molecule has 2 aromatic rings. The highest BCUT2D eigenvalue weighted by atomic mass is 16.5. The number of hydrogen-bond donors (Lipinski definition) is 0. The summed E-state index contributed by atoms with van der Waals surface area (Å²) in [6.45, 7) is 1.01. The zero-order chi connectivity index (χ0) is 13.1. The molecule has 0 spiro atoms. The lowest BCUT2D eigenvalue weighted by atomic mass is 10.0. The minimum Gasteiger partial charge on any atom is -0.497 e. The number of rotatable bonds is 3. The van der Waals surface area contributed by atoms with Gasteiger partial charge in [0.25, 0.3) is 0 Å². The molecule has 1 aromatic heterocycles. The maximum absolute atomic E-state index is 5.21. The molecule has 98 valence electrons. The SMILES string of the molecule is COc1ccc([C@@H]2CCCN2c2ncccn2)cc1. The molecular weight excluding hydrogens is 238 g/mol. The average Bonchev–Trinajstić information content (AvgIpc) is 2.98. The number of benzene rings is 1. The predicted octanol–water partition coefficient (Wildman–Crippen LogP) is 2.83. The number of hydrogen-bond acceptors (Lipinski definition) is 4. The standard InChI is InChI=1S/C15H17N3O/c1-19-13-7-5-12(6-8-13)14-4-2-11-18(14)15-16-9-3-10-17-15/h3,5-10,14H,2,4,11H2,1H3/t14-/m0/s1. The first-order valence-electron chi connectivity index (χ1n) is 6.56. The van der Waals surface area contributed by atoms with Crippen molar-refractivity contribution in [3.8, 4) is 5.75 Å². The van der Waals surface area contributed by atoms with Gasteiger partial charge in [-0.3, -0.25) is 0 Å². The number of nitrogens with zero attached hydrogens (tertiary/aromatic N) is 3. The van der Waals surface area contributed by atoms with Crippen LogP contribution in [0.5, 0.6) is 5.75 Å². The lowest BCUT2D eigenvalue weighted by Gasteiger charge is -2.24. The quantitative estimate of drug-likeness (QED) is 0.845. The second-order valence-corrected chi connectivity index (χ2v) is 4.67. The van der Waals surface area contributed by atoms with Crippen LogP contribution in [-0.4, -0.2) is 23.6 Å². The van der Waals surface area contributed by atoms with Crippen molar-refractivity contribution in [2.24, 2.45) is 0 Å². The zero-order valence-corrected chi connectivity index (χ0v) is 11.0. The fourth-order valence-electron chi connectivity index (χ4n) is 2.62. The maximum Gasteiger partial charge on any atom is 0.225 e. The Labute approximate surface area is 113 Å². The van der Waals surface area contributed by atoms with Gasteiger partial charge in [0, 0.05) is 18.9 Å². The topological polar surface area (TPSA) is 38.2 Å². The molecule has 0 N–H and O–H groups in total. The molecule has 2 heterocycles. The van der Waals surface area contributed by atoms with Crippen molar-refractivity contribution < 1.29 is 4.74 Å².